The van der Waals surface area contributed by atoms with E-state index in [0.29, 0.717) is 6.54 Å². The van der Waals surface area contributed by atoms with Gasteiger partial charge in [0, 0.05) is 30.6 Å². The zero-order valence-corrected chi connectivity index (χ0v) is 18.4. The second-order valence-electron chi connectivity index (χ2n) is 7.85. The minimum absolute atomic E-state index is 0.0924. The Kier molecular flexibility index (Phi) is 6.07. The summed E-state index contributed by atoms with van der Waals surface area (Å²) in [6, 6.07) is 12.2. The Bertz CT molecular complexity index is 1010. The van der Waals surface area contributed by atoms with Gasteiger partial charge in [-0.15, -0.1) is 0 Å². The summed E-state index contributed by atoms with van der Waals surface area (Å²) in [5.74, 6) is 0.268. The maximum Gasteiger partial charge on any atom is 0.223 e. The topological polar surface area (TPSA) is 45.2 Å². The van der Waals surface area contributed by atoms with Crippen LogP contribution in [0.4, 0.5) is 5.13 Å². The van der Waals surface area contributed by atoms with Crippen molar-refractivity contribution in [3.05, 3.63) is 58.1 Å². The Labute approximate surface area is 180 Å². The average Bonchev–Trinajstić information content (AvgIpc) is 3.14. The number of piperidine rings is 1. The first-order valence-corrected chi connectivity index (χ1v) is 11.3. The van der Waals surface area contributed by atoms with Gasteiger partial charge in [0.2, 0.25) is 5.91 Å². The maximum atomic E-state index is 12.5. The predicted octanol–water partition coefficient (Wildman–Crippen LogP) is 5.14. The molecule has 3 aromatic rings. The summed E-state index contributed by atoms with van der Waals surface area (Å²) >= 11 is 7.67. The first kappa shape index (κ1) is 20.2. The molecule has 1 aliphatic rings. The number of benzene rings is 2. The molecule has 1 fully saturated rings. The summed E-state index contributed by atoms with van der Waals surface area (Å²) in [6.07, 6.45) is 2.58. The largest absolute Gasteiger partial charge is 0.356 e. The second-order valence-corrected chi connectivity index (χ2v) is 9.30. The lowest BCUT2D eigenvalue weighted by molar-refractivity contribution is -0.125. The summed E-state index contributed by atoms with van der Waals surface area (Å²) in [5, 5.41) is 4.92. The third-order valence-corrected chi connectivity index (χ3v) is 6.90. The smallest absolute Gasteiger partial charge is 0.223 e. The van der Waals surface area contributed by atoms with Gasteiger partial charge in [0.25, 0.3) is 0 Å². The highest BCUT2D eigenvalue weighted by molar-refractivity contribution is 7.22. The second kappa shape index (κ2) is 8.72. The highest BCUT2D eigenvalue weighted by Crippen LogP contribution is 2.33. The Morgan fingerprint density at radius 2 is 1.93 bits per heavy atom. The molecule has 0 bridgehead atoms. The van der Waals surface area contributed by atoms with Crippen LogP contribution in [0.5, 0.6) is 0 Å². The number of anilines is 1. The van der Waals surface area contributed by atoms with Crippen molar-refractivity contribution in [2.75, 3.05) is 24.5 Å². The van der Waals surface area contributed by atoms with Crippen LogP contribution in [0.25, 0.3) is 10.2 Å². The number of fused-ring (bicyclic) bond motifs is 1. The van der Waals surface area contributed by atoms with Crippen LogP contribution < -0.4 is 10.2 Å². The number of nitrogens with one attached hydrogen (secondary N) is 1. The van der Waals surface area contributed by atoms with Gasteiger partial charge in [-0.2, -0.15) is 0 Å². The summed E-state index contributed by atoms with van der Waals surface area (Å²) in [4.78, 5) is 19.7. The number of hydrogen-bond donors (Lipinski definition) is 1. The van der Waals surface area contributed by atoms with Crippen molar-refractivity contribution in [2.45, 2.75) is 33.1 Å². The first-order valence-electron chi connectivity index (χ1n) is 10.1. The van der Waals surface area contributed by atoms with Crippen LogP contribution in [0, 0.1) is 19.8 Å². The number of hydrogen-bond acceptors (Lipinski definition) is 4. The third-order valence-electron chi connectivity index (χ3n) is 5.58. The lowest BCUT2D eigenvalue weighted by Crippen LogP contribution is -2.41. The monoisotopic (exact) mass is 427 g/mol. The quantitative estimate of drug-likeness (QED) is 0.613. The van der Waals surface area contributed by atoms with Gasteiger partial charge in [-0.1, -0.05) is 41.1 Å². The average molecular weight is 428 g/mol. The molecule has 1 aliphatic heterocycles. The molecule has 0 atom stereocenters. The van der Waals surface area contributed by atoms with Crippen LogP contribution >= 0.6 is 22.9 Å². The Hall–Kier alpha value is -2.11. The summed E-state index contributed by atoms with van der Waals surface area (Å²) in [6.45, 7) is 6.68. The highest BCUT2D eigenvalue weighted by atomic mass is 35.5. The Morgan fingerprint density at radius 1 is 1.21 bits per heavy atom. The molecule has 6 heteroatoms. The Balaban J connectivity index is 1.29. The fraction of sp³-hybridized carbons (Fsp3) is 0.391. The number of carbonyl (C=O) groups is 1. The lowest BCUT2D eigenvalue weighted by atomic mass is 9.96. The van der Waals surface area contributed by atoms with Crippen molar-refractivity contribution in [1.29, 1.82) is 0 Å². The molecular weight excluding hydrogens is 402 g/mol. The fourth-order valence-corrected chi connectivity index (χ4v) is 5.27. The van der Waals surface area contributed by atoms with Crippen LogP contribution in [0.2, 0.25) is 5.02 Å². The SMILES string of the molecule is Cc1cc(C)c2nc(N3CCC(C(=O)NCCc4ccc(Cl)cc4)CC3)sc2c1. The van der Waals surface area contributed by atoms with E-state index in [9.17, 15) is 4.79 Å². The zero-order chi connectivity index (χ0) is 20.4. The normalized spacial score (nSPS) is 15.1. The van der Waals surface area contributed by atoms with Crippen molar-refractivity contribution in [2.24, 2.45) is 5.92 Å². The molecule has 1 saturated heterocycles. The van der Waals surface area contributed by atoms with Gasteiger partial charge in [0.1, 0.15) is 0 Å². The molecule has 152 valence electrons. The molecule has 0 radical (unpaired) electrons. The summed E-state index contributed by atoms with van der Waals surface area (Å²) in [7, 11) is 0. The van der Waals surface area contributed by atoms with Gasteiger partial charge >= 0.3 is 0 Å². The number of thiazole rings is 1. The molecule has 1 aromatic heterocycles. The fourth-order valence-electron chi connectivity index (χ4n) is 3.95. The number of carbonyl (C=O) groups excluding carboxylic acids is 1. The predicted molar refractivity (Wildman–Crippen MR) is 122 cm³/mol. The molecule has 2 aromatic carbocycles. The van der Waals surface area contributed by atoms with E-state index in [0.717, 1.165) is 48.0 Å². The van der Waals surface area contributed by atoms with Crippen molar-refractivity contribution in [3.8, 4) is 0 Å². The molecule has 29 heavy (non-hydrogen) atoms. The minimum atomic E-state index is 0.0924. The van der Waals surface area contributed by atoms with E-state index in [2.05, 4.69) is 36.2 Å². The molecular formula is C23H26ClN3OS. The Morgan fingerprint density at radius 3 is 2.66 bits per heavy atom. The molecule has 4 rings (SSSR count). The molecule has 4 nitrogen and oxygen atoms in total. The molecule has 0 unspecified atom stereocenters. The number of amides is 1. The van der Waals surface area contributed by atoms with Crippen molar-refractivity contribution >= 4 is 44.2 Å². The first-order chi connectivity index (χ1) is 14.0. The maximum absolute atomic E-state index is 12.5. The molecule has 0 spiro atoms. The molecule has 0 aliphatic carbocycles. The highest BCUT2D eigenvalue weighted by Gasteiger charge is 2.26. The number of aromatic nitrogens is 1. The number of aryl methyl sites for hydroxylation is 2. The zero-order valence-electron chi connectivity index (χ0n) is 16.9. The van der Waals surface area contributed by atoms with Gasteiger partial charge in [-0.25, -0.2) is 4.98 Å². The molecule has 1 amide bonds. The number of nitrogens with zero attached hydrogens (tertiary/aromatic N) is 2. The van der Waals surface area contributed by atoms with Crippen LogP contribution in [0.15, 0.2) is 36.4 Å². The van der Waals surface area contributed by atoms with E-state index in [4.69, 9.17) is 16.6 Å². The van der Waals surface area contributed by atoms with Crippen molar-refractivity contribution in [3.63, 3.8) is 0 Å². The van der Waals surface area contributed by atoms with Gasteiger partial charge in [0.05, 0.1) is 10.2 Å². The lowest BCUT2D eigenvalue weighted by Gasteiger charge is -2.31. The summed E-state index contributed by atoms with van der Waals surface area (Å²) < 4.78 is 1.25. The van der Waals surface area contributed by atoms with E-state index in [1.165, 1.54) is 21.4 Å². The van der Waals surface area contributed by atoms with Crippen LogP contribution in [0.3, 0.4) is 0 Å². The van der Waals surface area contributed by atoms with E-state index in [1.807, 2.05) is 24.3 Å². The van der Waals surface area contributed by atoms with Gasteiger partial charge in [-0.05, 0) is 68.0 Å². The van der Waals surface area contributed by atoms with Gasteiger partial charge in [-0.3, -0.25) is 4.79 Å². The van der Waals surface area contributed by atoms with Gasteiger partial charge in [0.15, 0.2) is 5.13 Å². The van der Waals surface area contributed by atoms with E-state index in [1.54, 1.807) is 11.3 Å². The van der Waals surface area contributed by atoms with E-state index < -0.39 is 0 Å². The van der Waals surface area contributed by atoms with Gasteiger partial charge < -0.3 is 10.2 Å². The van der Waals surface area contributed by atoms with Crippen molar-refractivity contribution in [1.82, 2.24) is 10.3 Å². The van der Waals surface area contributed by atoms with E-state index in [-0.39, 0.29) is 11.8 Å². The summed E-state index contributed by atoms with van der Waals surface area (Å²) in [5.41, 5.74) is 4.81. The third kappa shape index (κ3) is 4.73. The number of halogens is 1. The standard InChI is InChI=1S/C23H26ClN3OS/c1-15-13-16(2)21-20(14-15)29-23(26-21)27-11-8-18(9-12-27)22(28)25-10-7-17-3-5-19(24)6-4-17/h3-6,13-14,18H,7-12H2,1-2H3,(H,25,28). The van der Waals surface area contributed by atoms with E-state index >= 15 is 0 Å². The van der Waals surface area contributed by atoms with Crippen molar-refractivity contribution < 1.29 is 4.79 Å². The number of rotatable bonds is 5. The molecule has 2 heterocycles. The van der Waals surface area contributed by atoms with Crippen LogP contribution in [-0.4, -0.2) is 30.5 Å². The minimum Gasteiger partial charge on any atom is -0.356 e. The molecule has 1 N–H and O–H groups in total. The van der Waals surface area contributed by atoms with Crippen LogP contribution in [-0.2, 0) is 11.2 Å². The van der Waals surface area contributed by atoms with Crippen LogP contribution in [0.1, 0.15) is 29.5 Å². The molecule has 0 saturated carbocycles.